The first kappa shape index (κ1) is 24.0. The number of carbonyl (C=O) groups is 2. The molecule has 3 rings (SSSR count). The lowest BCUT2D eigenvalue weighted by atomic mass is 10.2. The molecule has 9 nitrogen and oxygen atoms in total. The van der Waals surface area contributed by atoms with E-state index in [0.717, 1.165) is 5.69 Å². The first-order valence-corrected chi connectivity index (χ1v) is 11.6. The second kappa shape index (κ2) is 10.3. The summed E-state index contributed by atoms with van der Waals surface area (Å²) in [5, 5.41) is 2.57. The third kappa shape index (κ3) is 5.77. The van der Waals surface area contributed by atoms with Gasteiger partial charge in [0.2, 0.25) is 10.0 Å². The number of ether oxygens (including phenoxy) is 2. The molecule has 0 unspecified atom stereocenters. The van der Waals surface area contributed by atoms with Crippen LogP contribution in [0.15, 0.2) is 47.4 Å². The summed E-state index contributed by atoms with van der Waals surface area (Å²) in [7, 11) is -0.154. The van der Waals surface area contributed by atoms with Gasteiger partial charge in [-0.2, -0.15) is 4.31 Å². The minimum absolute atomic E-state index is 0.0432. The third-order valence-corrected chi connectivity index (χ3v) is 7.12. The van der Waals surface area contributed by atoms with Gasteiger partial charge in [0.25, 0.3) is 5.91 Å². The Morgan fingerprint density at radius 1 is 1.16 bits per heavy atom. The number of benzene rings is 2. The molecule has 0 aromatic heterocycles. The van der Waals surface area contributed by atoms with Crippen LogP contribution in [-0.4, -0.2) is 71.6 Å². The monoisotopic (exact) mass is 481 g/mol. The predicted molar refractivity (Wildman–Crippen MR) is 121 cm³/mol. The van der Waals surface area contributed by atoms with E-state index >= 15 is 0 Å². The molecule has 2 aromatic rings. The summed E-state index contributed by atoms with van der Waals surface area (Å²) in [6.07, 6.45) is 0. The molecule has 1 N–H and O–H groups in total. The molecule has 0 bridgehead atoms. The van der Waals surface area contributed by atoms with Gasteiger partial charge < -0.3 is 19.7 Å². The van der Waals surface area contributed by atoms with Crippen LogP contribution in [0, 0.1) is 0 Å². The fourth-order valence-electron chi connectivity index (χ4n) is 3.03. The number of hydrogen-bond donors (Lipinski definition) is 1. The molecule has 1 heterocycles. The van der Waals surface area contributed by atoms with Crippen LogP contribution in [0.5, 0.6) is 0 Å². The summed E-state index contributed by atoms with van der Waals surface area (Å²) in [6, 6.07) is 11.0. The predicted octanol–water partition coefficient (Wildman–Crippen LogP) is 2.22. The average Bonchev–Trinajstić information content (AvgIpc) is 2.79. The van der Waals surface area contributed by atoms with E-state index in [1.165, 1.54) is 22.5 Å². The first-order valence-electron chi connectivity index (χ1n) is 9.80. The van der Waals surface area contributed by atoms with Gasteiger partial charge in [-0.05, 0) is 36.4 Å². The lowest BCUT2D eigenvalue weighted by Crippen LogP contribution is -2.40. The summed E-state index contributed by atoms with van der Waals surface area (Å²) >= 11 is 6.12. The standard InChI is InChI=1S/C21H24ClN3O6S/c1-24(2)17-5-3-4-15(12-17)21(27)31-14-20(26)23-16-6-7-18(22)19(13-16)32(28,29)25-8-10-30-11-9-25/h3-7,12-13H,8-11,14H2,1-2H3,(H,23,26). The van der Waals surface area contributed by atoms with E-state index in [1.54, 1.807) is 18.2 Å². The van der Waals surface area contributed by atoms with Crippen LogP contribution in [0.3, 0.4) is 0 Å². The Morgan fingerprint density at radius 3 is 2.56 bits per heavy atom. The maximum Gasteiger partial charge on any atom is 0.338 e. The highest BCUT2D eigenvalue weighted by Crippen LogP contribution is 2.28. The van der Waals surface area contributed by atoms with E-state index in [4.69, 9.17) is 21.1 Å². The van der Waals surface area contributed by atoms with Crippen molar-refractivity contribution in [2.75, 3.05) is 57.2 Å². The third-order valence-electron chi connectivity index (χ3n) is 4.74. The number of carbonyl (C=O) groups excluding carboxylic acids is 2. The molecular weight excluding hydrogens is 458 g/mol. The van der Waals surface area contributed by atoms with E-state index < -0.39 is 28.5 Å². The number of hydrogen-bond acceptors (Lipinski definition) is 7. The second-order valence-corrected chi connectivity index (χ2v) is 9.54. The van der Waals surface area contributed by atoms with Crippen molar-refractivity contribution in [3.63, 3.8) is 0 Å². The molecule has 0 aliphatic carbocycles. The maximum absolute atomic E-state index is 12.9. The molecule has 0 radical (unpaired) electrons. The van der Waals surface area contributed by atoms with Crippen molar-refractivity contribution in [2.45, 2.75) is 4.90 Å². The number of halogens is 1. The van der Waals surface area contributed by atoms with Crippen molar-refractivity contribution >= 4 is 44.9 Å². The van der Waals surface area contributed by atoms with Gasteiger partial charge in [-0.25, -0.2) is 13.2 Å². The number of esters is 1. The highest BCUT2D eigenvalue weighted by Gasteiger charge is 2.28. The molecular formula is C21H24ClN3O6S. The normalized spacial score (nSPS) is 14.6. The topological polar surface area (TPSA) is 105 Å². The molecule has 32 heavy (non-hydrogen) atoms. The van der Waals surface area contributed by atoms with Crippen molar-refractivity contribution in [3.05, 3.63) is 53.1 Å². The zero-order valence-corrected chi connectivity index (χ0v) is 19.3. The summed E-state index contributed by atoms with van der Waals surface area (Å²) in [4.78, 5) is 26.2. The number of morpholine rings is 1. The molecule has 0 atom stereocenters. The maximum atomic E-state index is 12.9. The quantitative estimate of drug-likeness (QED) is 0.604. The highest BCUT2D eigenvalue weighted by molar-refractivity contribution is 7.89. The Bertz CT molecular complexity index is 1100. The largest absolute Gasteiger partial charge is 0.452 e. The first-order chi connectivity index (χ1) is 15.2. The lowest BCUT2D eigenvalue weighted by Gasteiger charge is -2.26. The van der Waals surface area contributed by atoms with Crippen molar-refractivity contribution in [1.29, 1.82) is 0 Å². The van der Waals surface area contributed by atoms with E-state index in [-0.39, 0.29) is 28.7 Å². The van der Waals surface area contributed by atoms with Gasteiger partial charge in [-0.15, -0.1) is 0 Å². The Balaban J connectivity index is 1.65. The van der Waals surface area contributed by atoms with Gasteiger partial charge >= 0.3 is 5.97 Å². The van der Waals surface area contributed by atoms with Gasteiger partial charge in [0.05, 0.1) is 23.8 Å². The van der Waals surface area contributed by atoms with Gasteiger partial charge in [-0.1, -0.05) is 17.7 Å². The van der Waals surface area contributed by atoms with Crippen molar-refractivity contribution in [3.8, 4) is 0 Å². The summed E-state index contributed by atoms with van der Waals surface area (Å²) < 4.78 is 37.3. The molecule has 0 spiro atoms. The zero-order valence-electron chi connectivity index (χ0n) is 17.7. The molecule has 2 aromatic carbocycles. The van der Waals surface area contributed by atoms with Crippen LogP contribution in [0.4, 0.5) is 11.4 Å². The van der Waals surface area contributed by atoms with Gasteiger partial charge in [0.15, 0.2) is 6.61 Å². The molecule has 172 valence electrons. The number of anilines is 2. The number of nitrogens with zero attached hydrogens (tertiary/aromatic N) is 2. The van der Waals surface area contributed by atoms with E-state index in [0.29, 0.717) is 18.8 Å². The number of sulfonamides is 1. The van der Waals surface area contributed by atoms with E-state index in [1.807, 2.05) is 25.1 Å². The molecule has 1 aliphatic rings. The number of rotatable bonds is 7. The lowest BCUT2D eigenvalue weighted by molar-refractivity contribution is -0.119. The van der Waals surface area contributed by atoms with Crippen LogP contribution in [0.1, 0.15) is 10.4 Å². The summed E-state index contributed by atoms with van der Waals surface area (Å²) in [5.41, 5.74) is 1.35. The van der Waals surface area contributed by atoms with Gasteiger partial charge in [0.1, 0.15) is 4.90 Å². The van der Waals surface area contributed by atoms with Crippen LogP contribution in [-0.2, 0) is 24.3 Å². The van der Waals surface area contributed by atoms with Crippen molar-refractivity contribution < 1.29 is 27.5 Å². The fraction of sp³-hybridized carbons (Fsp3) is 0.333. The average molecular weight is 482 g/mol. The van der Waals surface area contributed by atoms with Crippen LogP contribution in [0.2, 0.25) is 5.02 Å². The second-order valence-electron chi connectivity index (χ2n) is 7.23. The number of amides is 1. The fourth-order valence-corrected chi connectivity index (χ4v) is 4.94. The smallest absolute Gasteiger partial charge is 0.338 e. The summed E-state index contributed by atoms with van der Waals surface area (Å²) in [6.45, 7) is 0.520. The van der Waals surface area contributed by atoms with Crippen LogP contribution in [0.25, 0.3) is 0 Å². The minimum Gasteiger partial charge on any atom is -0.452 e. The molecule has 1 aliphatic heterocycles. The summed E-state index contributed by atoms with van der Waals surface area (Å²) in [5.74, 6) is -1.25. The Kier molecular flexibility index (Phi) is 7.73. The molecule has 11 heteroatoms. The van der Waals surface area contributed by atoms with Crippen molar-refractivity contribution in [2.24, 2.45) is 0 Å². The van der Waals surface area contributed by atoms with E-state index in [9.17, 15) is 18.0 Å². The molecule has 1 fully saturated rings. The zero-order chi connectivity index (χ0) is 23.3. The van der Waals surface area contributed by atoms with E-state index in [2.05, 4.69) is 5.32 Å². The van der Waals surface area contributed by atoms with Gasteiger partial charge in [-0.3, -0.25) is 4.79 Å². The van der Waals surface area contributed by atoms with Gasteiger partial charge in [0, 0.05) is 38.6 Å². The molecule has 1 amide bonds. The Morgan fingerprint density at radius 2 is 1.88 bits per heavy atom. The highest BCUT2D eigenvalue weighted by atomic mass is 35.5. The molecule has 0 saturated carbocycles. The Hall–Kier alpha value is -2.66. The van der Waals surface area contributed by atoms with Crippen molar-refractivity contribution in [1.82, 2.24) is 4.31 Å². The minimum atomic E-state index is -3.84. The van der Waals surface area contributed by atoms with Crippen LogP contribution >= 0.6 is 11.6 Å². The van der Waals surface area contributed by atoms with Crippen LogP contribution < -0.4 is 10.2 Å². The SMILES string of the molecule is CN(C)c1cccc(C(=O)OCC(=O)Nc2ccc(Cl)c(S(=O)(=O)N3CCOCC3)c2)c1. The number of nitrogens with one attached hydrogen (secondary N) is 1. The molecule has 1 saturated heterocycles. The Labute approximate surface area is 191 Å².